The quantitative estimate of drug-likeness (QED) is 0.625. The molecule has 0 fully saturated rings. The minimum Gasteiger partial charge on any atom is -0.465 e. The average molecular weight is 230 g/mol. The molecule has 82 valence electrons. The van der Waals surface area contributed by atoms with Crippen molar-refractivity contribution in [3.63, 3.8) is 0 Å². The van der Waals surface area contributed by atoms with Gasteiger partial charge in [0.1, 0.15) is 12.9 Å². The Kier molecular flexibility index (Phi) is 4.30. The molecule has 0 atom stereocenters. The van der Waals surface area contributed by atoms with Gasteiger partial charge in [0, 0.05) is 0 Å². The number of hydrogen-bond donors (Lipinski definition) is 1. The van der Waals surface area contributed by atoms with E-state index in [4.69, 9.17) is 16.3 Å². The van der Waals surface area contributed by atoms with Crippen molar-refractivity contribution < 1.29 is 9.53 Å². The largest absolute Gasteiger partial charge is 0.465 e. The van der Waals surface area contributed by atoms with Gasteiger partial charge in [-0.25, -0.2) is 9.97 Å². The zero-order chi connectivity index (χ0) is 11.3. The highest BCUT2D eigenvalue weighted by Gasteiger charge is 2.08. The van der Waals surface area contributed by atoms with Crippen molar-refractivity contribution in [3.05, 3.63) is 17.2 Å². The number of carbonyl (C=O) groups is 1. The third-order valence-corrected chi connectivity index (χ3v) is 1.99. The van der Waals surface area contributed by atoms with Crippen molar-refractivity contribution in [2.45, 2.75) is 13.8 Å². The smallest absolute Gasteiger partial charge is 0.325 e. The first-order valence-corrected chi connectivity index (χ1v) is 4.89. The number of aryl methyl sites for hydroxylation is 1. The lowest BCUT2D eigenvalue weighted by atomic mass is 10.3. The van der Waals surface area contributed by atoms with E-state index in [0.29, 0.717) is 23.1 Å². The molecule has 0 radical (unpaired) electrons. The van der Waals surface area contributed by atoms with Gasteiger partial charge in [0.05, 0.1) is 18.0 Å². The van der Waals surface area contributed by atoms with Crippen LogP contribution in [0, 0.1) is 6.92 Å². The first-order valence-electron chi connectivity index (χ1n) is 4.51. The van der Waals surface area contributed by atoms with Crippen LogP contribution in [0.3, 0.4) is 0 Å². The lowest BCUT2D eigenvalue weighted by Crippen LogP contribution is -2.17. The summed E-state index contributed by atoms with van der Waals surface area (Å²) in [6.07, 6.45) is 1.37. The van der Waals surface area contributed by atoms with Crippen LogP contribution < -0.4 is 5.32 Å². The van der Waals surface area contributed by atoms with Crippen LogP contribution in [0.25, 0.3) is 0 Å². The van der Waals surface area contributed by atoms with Crippen LogP contribution in [0.15, 0.2) is 6.33 Å². The maximum absolute atomic E-state index is 11.1. The van der Waals surface area contributed by atoms with Gasteiger partial charge < -0.3 is 10.1 Å². The van der Waals surface area contributed by atoms with E-state index in [1.807, 2.05) is 0 Å². The Morgan fingerprint density at radius 3 is 2.93 bits per heavy atom. The fourth-order valence-electron chi connectivity index (χ4n) is 1.02. The van der Waals surface area contributed by atoms with Crippen LogP contribution in [0.5, 0.6) is 0 Å². The summed E-state index contributed by atoms with van der Waals surface area (Å²) in [7, 11) is 0. The van der Waals surface area contributed by atoms with Gasteiger partial charge in [-0.15, -0.1) is 0 Å². The minimum atomic E-state index is -0.336. The van der Waals surface area contributed by atoms with E-state index in [0.717, 1.165) is 0 Å². The van der Waals surface area contributed by atoms with Gasteiger partial charge in [0.25, 0.3) is 0 Å². The lowest BCUT2D eigenvalue weighted by molar-refractivity contribution is -0.140. The normalized spacial score (nSPS) is 9.80. The first-order chi connectivity index (χ1) is 7.15. The van der Waals surface area contributed by atoms with Crippen molar-refractivity contribution in [3.8, 4) is 0 Å². The molecule has 1 N–H and O–H groups in total. The molecular weight excluding hydrogens is 218 g/mol. The highest BCUT2D eigenvalue weighted by atomic mass is 35.5. The van der Waals surface area contributed by atoms with Gasteiger partial charge in [-0.2, -0.15) is 0 Å². The molecule has 0 bridgehead atoms. The highest BCUT2D eigenvalue weighted by molar-refractivity contribution is 6.32. The topological polar surface area (TPSA) is 64.1 Å². The second kappa shape index (κ2) is 5.50. The van der Waals surface area contributed by atoms with E-state index in [1.54, 1.807) is 13.8 Å². The molecule has 0 amide bonds. The number of halogens is 1. The van der Waals surface area contributed by atoms with Gasteiger partial charge in [-0.05, 0) is 13.8 Å². The molecule has 1 aromatic heterocycles. The molecule has 0 aliphatic carbocycles. The second-order valence-corrected chi connectivity index (χ2v) is 3.14. The first kappa shape index (κ1) is 11.7. The Hall–Kier alpha value is -1.36. The highest BCUT2D eigenvalue weighted by Crippen LogP contribution is 2.20. The Labute approximate surface area is 92.8 Å². The Morgan fingerprint density at radius 2 is 2.33 bits per heavy atom. The molecule has 0 aliphatic rings. The van der Waals surface area contributed by atoms with Gasteiger partial charge in [-0.1, -0.05) is 11.6 Å². The lowest BCUT2D eigenvalue weighted by Gasteiger charge is -2.08. The molecular formula is C9H12ClN3O2. The predicted octanol–water partition coefficient (Wildman–Crippen LogP) is 1.41. The van der Waals surface area contributed by atoms with Crippen LogP contribution >= 0.6 is 11.6 Å². The van der Waals surface area contributed by atoms with E-state index < -0.39 is 0 Å². The minimum absolute atomic E-state index is 0.0573. The van der Waals surface area contributed by atoms with Crippen molar-refractivity contribution in [2.24, 2.45) is 0 Å². The summed E-state index contributed by atoms with van der Waals surface area (Å²) < 4.78 is 4.76. The van der Waals surface area contributed by atoms with E-state index in [-0.39, 0.29) is 12.5 Å². The van der Waals surface area contributed by atoms with Crippen molar-refractivity contribution >= 4 is 23.3 Å². The predicted molar refractivity (Wildman–Crippen MR) is 56.9 cm³/mol. The third-order valence-electron chi connectivity index (χ3n) is 1.71. The molecule has 0 aromatic carbocycles. The molecule has 0 aliphatic heterocycles. The zero-order valence-corrected chi connectivity index (χ0v) is 9.34. The standard InChI is InChI=1S/C9H12ClN3O2/c1-3-15-7(14)4-11-8-6(2)12-5-13-9(8)10/h5,11H,3-4H2,1-2H3. The summed E-state index contributed by atoms with van der Waals surface area (Å²) in [5.74, 6) is -0.336. The van der Waals surface area contributed by atoms with E-state index in [1.165, 1.54) is 6.33 Å². The Morgan fingerprint density at radius 1 is 1.60 bits per heavy atom. The van der Waals surface area contributed by atoms with E-state index >= 15 is 0 Å². The monoisotopic (exact) mass is 229 g/mol. The fraction of sp³-hybridized carbons (Fsp3) is 0.444. The Bertz CT molecular complexity index is 337. The maximum Gasteiger partial charge on any atom is 0.325 e. The SMILES string of the molecule is CCOC(=O)CNc1c(C)ncnc1Cl. The molecule has 6 heteroatoms. The molecule has 5 nitrogen and oxygen atoms in total. The van der Waals surface area contributed by atoms with Crippen molar-refractivity contribution in [2.75, 3.05) is 18.5 Å². The number of ether oxygens (including phenoxy) is 1. The molecule has 1 aromatic rings. The van der Waals surface area contributed by atoms with Gasteiger partial charge in [-0.3, -0.25) is 4.79 Å². The van der Waals surface area contributed by atoms with Gasteiger partial charge >= 0.3 is 5.97 Å². The van der Waals surface area contributed by atoms with Crippen LogP contribution in [0.2, 0.25) is 5.15 Å². The molecule has 0 saturated heterocycles. The van der Waals surface area contributed by atoms with Gasteiger partial charge in [0.2, 0.25) is 0 Å². The Balaban J connectivity index is 2.61. The molecule has 15 heavy (non-hydrogen) atoms. The van der Waals surface area contributed by atoms with Crippen molar-refractivity contribution in [1.29, 1.82) is 0 Å². The summed E-state index contributed by atoms with van der Waals surface area (Å²) in [4.78, 5) is 18.8. The molecule has 0 unspecified atom stereocenters. The third kappa shape index (κ3) is 3.36. The van der Waals surface area contributed by atoms with Crippen LogP contribution in [0.4, 0.5) is 5.69 Å². The molecule has 1 heterocycles. The average Bonchev–Trinajstić information content (AvgIpc) is 2.17. The summed E-state index contributed by atoms with van der Waals surface area (Å²) >= 11 is 5.82. The number of anilines is 1. The number of carbonyl (C=O) groups excluding carboxylic acids is 1. The molecule has 1 rings (SSSR count). The number of esters is 1. The molecule has 0 spiro atoms. The molecule has 0 saturated carbocycles. The number of nitrogens with zero attached hydrogens (tertiary/aromatic N) is 2. The number of aromatic nitrogens is 2. The summed E-state index contributed by atoms with van der Waals surface area (Å²) in [6.45, 7) is 3.95. The van der Waals surface area contributed by atoms with E-state index in [2.05, 4.69) is 15.3 Å². The number of nitrogens with one attached hydrogen (secondary N) is 1. The zero-order valence-electron chi connectivity index (χ0n) is 8.58. The second-order valence-electron chi connectivity index (χ2n) is 2.78. The summed E-state index contributed by atoms with van der Waals surface area (Å²) in [6, 6.07) is 0. The van der Waals surface area contributed by atoms with Crippen LogP contribution in [0.1, 0.15) is 12.6 Å². The van der Waals surface area contributed by atoms with Crippen LogP contribution in [-0.4, -0.2) is 29.1 Å². The van der Waals surface area contributed by atoms with E-state index in [9.17, 15) is 4.79 Å². The summed E-state index contributed by atoms with van der Waals surface area (Å²) in [5, 5.41) is 3.13. The maximum atomic E-state index is 11.1. The summed E-state index contributed by atoms with van der Waals surface area (Å²) in [5.41, 5.74) is 1.26. The van der Waals surface area contributed by atoms with Gasteiger partial charge in [0.15, 0.2) is 5.15 Å². The van der Waals surface area contributed by atoms with Crippen molar-refractivity contribution in [1.82, 2.24) is 9.97 Å². The number of hydrogen-bond acceptors (Lipinski definition) is 5. The van der Waals surface area contributed by atoms with Crippen LogP contribution in [-0.2, 0) is 9.53 Å². The fourth-order valence-corrected chi connectivity index (χ4v) is 1.27. The number of rotatable bonds is 4.